The Hall–Kier alpha value is -2.44. The molecule has 3 rings (SSSR count). The predicted octanol–water partition coefficient (Wildman–Crippen LogP) is 0.506. The number of fused-ring (bicyclic) bond motifs is 1. The van der Waals surface area contributed by atoms with E-state index in [1.165, 1.54) is 13.3 Å². The van der Waals surface area contributed by atoms with Crippen LogP contribution in [-0.2, 0) is 17.8 Å². The second-order valence-corrected chi connectivity index (χ2v) is 3.95. The predicted molar refractivity (Wildman–Crippen MR) is 61.8 cm³/mol. The number of rotatable bonds is 2. The molecule has 0 amide bonds. The molecule has 3 heterocycles. The van der Waals surface area contributed by atoms with Crippen molar-refractivity contribution in [2.45, 2.75) is 13.1 Å². The normalized spacial score (nSPS) is 13.5. The Bertz CT molecular complexity index is 574. The van der Waals surface area contributed by atoms with E-state index in [-0.39, 0.29) is 5.69 Å². The molecule has 0 saturated heterocycles. The average molecular weight is 245 g/mol. The molecule has 18 heavy (non-hydrogen) atoms. The Morgan fingerprint density at radius 1 is 1.39 bits per heavy atom. The van der Waals surface area contributed by atoms with Gasteiger partial charge in [0.1, 0.15) is 0 Å². The number of H-pyrrole nitrogens is 1. The number of carbonyl (C=O) groups excluding carboxylic acids is 1. The van der Waals surface area contributed by atoms with Crippen molar-refractivity contribution in [3.05, 3.63) is 35.5 Å². The summed E-state index contributed by atoms with van der Waals surface area (Å²) >= 11 is 0. The second kappa shape index (κ2) is 4.10. The molecule has 1 aliphatic rings. The van der Waals surface area contributed by atoms with Gasteiger partial charge in [-0.05, 0) is 0 Å². The van der Waals surface area contributed by atoms with Crippen LogP contribution in [0.25, 0.3) is 0 Å². The van der Waals surface area contributed by atoms with Crippen molar-refractivity contribution in [1.29, 1.82) is 0 Å². The zero-order valence-corrected chi connectivity index (χ0v) is 9.75. The van der Waals surface area contributed by atoms with E-state index in [0.717, 1.165) is 11.3 Å². The summed E-state index contributed by atoms with van der Waals surface area (Å²) in [5.74, 6) is 0.0562. The van der Waals surface area contributed by atoms with E-state index in [9.17, 15) is 4.79 Å². The molecule has 2 aromatic heterocycles. The van der Waals surface area contributed by atoms with Crippen LogP contribution in [0, 0.1) is 0 Å². The van der Waals surface area contributed by atoms with Crippen molar-refractivity contribution in [2.75, 3.05) is 12.0 Å². The van der Waals surface area contributed by atoms with Gasteiger partial charge in [0, 0.05) is 24.5 Å². The molecule has 0 radical (unpaired) electrons. The van der Waals surface area contributed by atoms with Gasteiger partial charge in [0.25, 0.3) is 0 Å². The topological polar surface area (TPSA) is 84.0 Å². The molecular formula is C11H11N5O2. The number of nitrogens with zero attached hydrogens (tertiary/aromatic N) is 4. The Morgan fingerprint density at radius 3 is 3.00 bits per heavy atom. The van der Waals surface area contributed by atoms with Crippen molar-refractivity contribution in [1.82, 2.24) is 20.2 Å². The minimum atomic E-state index is -0.480. The van der Waals surface area contributed by atoms with Gasteiger partial charge in [-0.1, -0.05) is 0 Å². The van der Waals surface area contributed by atoms with E-state index in [1.54, 1.807) is 12.4 Å². The van der Waals surface area contributed by atoms with Crippen LogP contribution >= 0.6 is 0 Å². The summed E-state index contributed by atoms with van der Waals surface area (Å²) in [6, 6.07) is 0. The van der Waals surface area contributed by atoms with Gasteiger partial charge < -0.3 is 9.64 Å². The highest BCUT2D eigenvalue weighted by atomic mass is 16.5. The first-order valence-electron chi connectivity index (χ1n) is 5.45. The van der Waals surface area contributed by atoms with E-state index >= 15 is 0 Å². The standard InChI is InChI=1S/C11H11N5O2/c1-18-11(17)9-10(13-3-2-12-9)16-5-7-4-14-15-8(7)6-16/h2-4H,5-6H2,1H3,(H,14,15). The summed E-state index contributed by atoms with van der Waals surface area (Å²) in [5.41, 5.74) is 2.38. The number of hydrogen-bond acceptors (Lipinski definition) is 6. The average Bonchev–Trinajstić information content (AvgIpc) is 2.98. The fourth-order valence-corrected chi connectivity index (χ4v) is 2.02. The first kappa shape index (κ1) is 10.7. The summed E-state index contributed by atoms with van der Waals surface area (Å²) in [4.78, 5) is 21.8. The van der Waals surface area contributed by atoms with E-state index in [1.807, 2.05) is 4.90 Å². The number of ether oxygens (including phenoxy) is 1. The van der Waals surface area contributed by atoms with Crippen LogP contribution < -0.4 is 4.90 Å². The van der Waals surface area contributed by atoms with Crippen molar-refractivity contribution >= 4 is 11.8 Å². The molecule has 0 spiro atoms. The van der Waals surface area contributed by atoms with Gasteiger partial charge in [-0.25, -0.2) is 14.8 Å². The highest BCUT2D eigenvalue weighted by Crippen LogP contribution is 2.26. The molecule has 92 valence electrons. The Balaban J connectivity index is 1.94. The van der Waals surface area contributed by atoms with Crippen molar-refractivity contribution in [3.63, 3.8) is 0 Å². The fraction of sp³-hybridized carbons (Fsp3) is 0.273. The summed E-state index contributed by atoms with van der Waals surface area (Å²) < 4.78 is 4.71. The molecule has 0 fully saturated rings. The van der Waals surface area contributed by atoms with Crippen molar-refractivity contribution in [2.24, 2.45) is 0 Å². The minimum Gasteiger partial charge on any atom is -0.464 e. The van der Waals surface area contributed by atoms with Gasteiger partial charge in [-0.3, -0.25) is 5.10 Å². The first-order valence-corrected chi connectivity index (χ1v) is 5.45. The third kappa shape index (κ3) is 1.60. The molecule has 7 heteroatoms. The number of aromatic nitrogens is 4. The Labute approximate surface area is 103 Å². The van der Waals surface area contributed by atoms with Gasteiger partial charge in [0.05, 0.1) is 25.5 Å². The molecule has 0 bridgehead atoms. The third-order valence-electron chi connectivity index (χ3n) is 2.87. The molecule has 1 N–H and O–H groups in total. The third-order valence-corrected chi connectivity index (χ3v) is 2.87. The second-order valence-electron chi connectivity index (χ2n) is 3.95. The lowest BCUT2D eigenvalue weighted by molar-refractivity contribution is 0.0594. The van der Waals surface area contributed by atoms with Crippen LogP contribution in [0.1, 0.15) is 21.7 Å². The number of hydrogen-bond donors (Lipinski definition) is 1. The van der Waals surface area contributed by atoms with Crippen LogP contribution in [0.5, 0.6) is 0 Å². The molecule has 0 unspecified atom stereocenters. The number of anilines is 1. The molecule has 0 aromatic carbocycles. The summed E-state index contributed by atoms with van der Waals surface area (Å²) in [7, 11) is 1.33. The maximum atomic E-state index is 11.6. The van der Waals surface area contributed by atoms with E-state index in [4.69, 9.17) is 4.74 Å². The minimum absolute atomic E-state index is 0.234. The molecule has 0 aliphatic carbocycles. The van der Waals surface area contributed by atoms with Crippen molar-refractivity contribution in [3.8, 4) is 0 Å². The molecule has 7 nitrogen and oxygen atoms in total. The van der Waals surface area contributed by atoms with Gasteiger partial charge in [-0.2, -0.15) is 5.10 Å². The van der Waals surface area contributed by atoms with Gasteiger partial charge in [0.15, 0.2) is 11.5 Å². The van der Waals surface area contributed by atoms with Gasteiger partial charge in [-0.15, -0.1) is 0 Å². The summed E-state index contributed by atoms with van der Waals surface area (Å²) in [6.45, 7) is 1.30. The highest BCUT2D eigenvalue weighted by molar-refractivity contribution is 5.92. The molecule has 1 aliphatic heterocycles. The van der Waals surface area contributed by atoms with Crippen molar-refractivity contribution < 1.29 is 9.53 Å². The van der Waals surface area contributed by atoms with Crippen LogP contribution in [0.15, 0.2) is 18.6 Å². The van der Waals surface area contributed by atoms with E-state index < -0.39 is 5.97 Å². The monoisotopic (exact) mass is 245 g/mol. The van der Waals surface area contributed by atoms with E-state index in [2.05, 4.69) is 20.2 Å². The quantitative estimate of drug-likeness (QED) is 0.776. The highest BCUT2D eigenvalue weighted by Gasteiger charge is 2.26. The lowest BCUT2D eigenvalue weighted by Gasteiger charge is -2.17. The van der Waals surface area contributed by atoms with Gasteiger partial charge in [0.2, 0.25) is 0 Å². The number of esters is 1. The zero-order valence-electron chi connectivity index (χ0n) is 9.75. The number of carbonyl (C=O) groups is 1. The van der Waals surface area contributed by atoms with Crippen LogP contribution in [0.2, 0.25) is 0 Å². The van der Waals surface area contributed by atoms with Crippen LogP contribution in [-0.4, -0.2) is 33.2 Å². The fourth-order valence-electron chi connectivity index (χ4n) is 2.02. The molecule has 0 atom stereocenters. The maximum Gasteiger partial charge on any atom is 0.360 e. The van der Waals surface area contributed by atoms with Gasteiger partial charge >= 0.3 is 5.97 Å². The molecule has 2 aromatic rings. The zero-order chi connectivity index (χ0) is 12.5. The van der Waals surface area contributed by atoms with E-state index in [0.29, 0.717) is 18.9 Å². The molecular weight excluding hydrogens is 234 g/mol. The number of methoxy groups -OCH3 is 1. The smallest absolute Gasteiger partial charge is 0.360 e. The Morgan fingerprint density at radius 2 is 2.22 bits per heavy atom. The number of aromatic amines is 1. The maximum absolute atomic E-state index is 11.6. The first-order chi connectivity index (χ1) is 8.79. The Kier molecular flexibility index (Phi) is 2.44. The summed E-state index contributed by atoms with van der Waals surface area (Å²) in [5, 5.41) is 6.89. The summed E-state index contributed by atoms with van der Waals surface area (Å²) in [6.07, 6.45) is 4.82. The van der Waals surface area contributed by atoms with Crippen LogP contribution in [0.3, 0.4) is 0 Å². The lowest BCUT2D eigenvalue weighted by atomic mass is 10.3. The number of nitrogens with one attached hydrogen (secondary N) is 1. The largest absolute Gasteiger partial charge is 0.464 e. The SMILES string of the molecule is COC(=O)c1nccnc1N1Cc2cn[nH]c2C1. The lowest BCUT2D eigenvalue weighted by Crippen LogP contribution is -2.21. The van der Waals surface area contributed by atoms with Crippen LogP contribution in [0.4, 0.5) is 5.82 Å². The molecule has 0 saturated carbocycles.